The van der Waals surface area contributed by atoms with Crippen LogP contribution in [0.15, 0.2) is 142 Å². The molecule has 2 spiro atoms. The molecule has 14 atom stereocenters. The van der Waals surface area contributed by atoms with Gasteiger partial charge in [0.15, 0.2) is 17.8 Å². The first-order valence-corrected chi connectivity index (χ1v) is 33.9. The highest BCUT2D eigenvalue weighted by atomic mass is 16.6. The average Bonchev–Trinajstić information content (AvgIpc) is 1.68. The second-order valence-electron chi connectivity index (χ2n) is 28.4. The van der Waals surface area contributed by atoms with Gasteiger partial charge in [-0.25, -0.2) is 9.59 Å². The van der Waals surface area contributed by atoms with Gasteiger partial charge in [0.05, 0.1) is 25.4 Å². The van der Waals surface area contributed by atoms with Crippen LogP contribution in [-0.4, -0.2) is 70.7 Å². The SMILES string of the molecule is C/C(CO)=C1\CCc2ccc3cc2CC[C@@]24CCC[C@]5(Oc6ccc7c(CO)c([C@H](CCO)COCO)c(=O)oc7c6[C@@H](OC(=O)C[C@H]6C[C@@H](c7cccc8c7CC[C@@H]7CCC[C@H]9C=Cc%10ccccc%10[C@@]879)C=C[C@@H]36)[C@@H]5OC1=O)[C@@H]2C[C@@H]1c2ccccc2C=C[C@@H]14. The van der Waals surface area contributed by atoms with Crippen molar-refractivity contribution in [3.8, 4) is 5.75 Å². The van der Waals surface area contributed by atoms with E-state index in [9.17, 15) is 25.2 Å². The van der Waals surface area contributed by atoms with Gasteiger partial charge in [-0.05, 0) is 211 Å². The van der Waals surface area contributed by atoms with Crippen LogP contribution in [0.4, 0.5) is 0 Å². The zero-order chi connectivity index (χ0) is 61.9. The molecule has 16 rings (SSSR count). The molecule has 91 heavy (non-hydrogen) atoms. The minimum Gasteiger partial charge on any atom is -0.482 e. The van der Waals surface area contributed by atoms with E-state index in [1.807, 2.05) is 6.07 Å². The molecule has 470 valence electrons. The van der Waals surface area contributed by atoms with Crippen molar-refractivity contribution in [1.29, 1.82) is 0 Å². The predicted molar refractivity (Wildman–Crippen MR) is 346 cm³/mol. The molecular weight excluding hydrogens is 1140 g/mol. The van der Waals surface area contributed by atoms with Crippen molar-refractivity contribution in [1.82, 2.24) is 0 Å². The molecule has 0 amide bonds. The highest BCUT2D eigenvalue weighted by molar-refractivity contribution is 5.91. The molecular formula is C79H82O12. The number of ether oxygens (including phenoxy) is 4. The standard InChI is InChI=1S/C79H82O12/c1-45(41-81)56-25-20-46-17-18-50-37-49(46)31-35-77-33-8-34-78(68(77)40-62-58-13-4-2-9-47(58)22-29-65(62)77)74(90-75(56)85)73(71-67(91-78)30-28-61-63(42-82)70(76(86)89-72(61)71)52(32-36-80)43-87-44-83)88-69(84)39-53-38-51(21-26-57(50)53)59-14-7-16-66-60(59)27-24-55-12-6-11-54-23-19-48-10-3-5-15-64(48)79(54,55)66/h2-5,7,9-10,13-19,21-23,26,28-30,37,51-55,57,62,65,68,73-74,80-83H,6,8,11-12,20,24-25,27,31-36,38-44H2,1H3/b56-45-/t51-,52+,53+,54-,55-,57-,62+,65-,68+,73+,74-,77+,78-,79-/m0/s1. The number of aliphatic hydroxyl groups excluding tert-OH is 4. The van der Waals surface area contributed by atoms with E-state index in [1.165, 1.54) is 57.3 Å². The summed E-state index contributed by atoms with van der Waals surface area (Å²) in [7, 11) is 0. The fraction of sp³-hybridized carbons (Fsp3) is 0.456. The van der Waals surface area contributed by atoms with Crippen LogP contribution in [0.1, 0.15) is 192 Å². The Bertz CT molecular complexity index is 4110. The lowest BCUT2D eigenvalue weighted by Gasteiger charge is -2.58. The third-order valence-electron chi connectivity index (χ3n) is 24.6. The number of carbonyl (C=O) groups is 2. The topological polar surface area (TPSA) is 182 Å². The number of esters is 2. The van der Waals surface area contributed by atoms with Gasteiger partial charge in [0.1, 0.15) is 18.1 Å². The minimum absolute atomic E-state index is 0.00152. The summed E-state index contributed by atoms with van der Waals surface area (Å²) in [5, 5.41) is 42.8. The molecule has 3 aliphatic heterocycles. The van der Waals surface area contributed by atoms with Crippen LogP contribution >= 0.6 is 0 Å². The number of allylic oxidation sites excluding steroid dienone is 4. The Kier molecular flexibility index (Phi) is 15.0. The van der Waals surface area contributed by atoms with Crippen molar-refractivity contribution >= 4 is 35.1 Å². The average molecular weight is 1220 g/mol. The van der Waals surface area contributed by atoms with Crippen LogP contribution in [0, 0.1) is 35.0 Å². The molecule has 3 saturated carbocycles. The Hall–Kier alpha value is -7.19. The van der Waals surface area contributed by atoms with Crippen LogP contribution in [0.25, 0.3) is 23.1 Å². The van der Waals surface area contributed by atoms with Gasteiger partial charge in [0.2, 0.25) is 0 Å². The Morgan fingerprint density at radius 2 is 1.58 bits per heavy atom. The number of fused-ring (bicyclic) bond motifs is 13. The van der Waals surface area contributed by atoms with Gasteiger partial charge in [0, 0.05) is 58.6 Å². The maximum absolute atomic E-state index is 16.2. The minimum atomic E-state index is -1.38. The monoisotopic (exact) mass is 1220 g/mol. The van der Waals surface area contributed by atoms with Gasteiger partial charge < -0.3 is 43.8 Å². The third-order valence-corrected chi connectivity index (χ3v) is 24.6. The fourth-order valence-corrected chi connectivity index (χ4v) is 20.9. The smallest absolute Gasteiger partial charge is 0.340 e. The van der Waals surface area contributed by atoms with Crippen molar-refractivity contribution in [3.05, 3.63) is 215 Å². The van der Waals surface area contributed by atoms with Gasteiger partial charge in [-0.3, -0.25) is 4.79 Å². The van der Waals surface area contributed by atoms with E-state index in [0.29, 0.717) is 59.8 Å². The van der Waals surface area contributed by atoms with E-state index < -0.39 is 60.1 Å². The van der Waals surface area contributed by atoms with Crippen LogP contribution in [0.2, 0.25) is 0 Å². The predicted octanol–water partition coefficient (Wildman–Crippen LogP) is 13.4. The van der Waals surface area contributed by atoms with Gasteiger partial charge in [-0.1, -0.05) is 128 Å². The number of aliphatic hydroxyl groups is 4. The Morgan fingerprint density at radius 3 is 2.44 bits per heavy atom. The summed E-state index contributed by atoms with van der Waals surface area (Å²) >= 11 is 0. The molecule has 6 aromatic rings. The number of benzene rings is 5. The maximum Gasteiger partial charge on any atom is 0.340 e. The number of aryl methyl sites for hydroxylation is 2. The van der Waals surface area contributed by atoms with Gasteiger partial charge in [-0.15, -0.1) is 0 Å². The molecule has 1 aromatic heterocycles. The summed E-state index contributed by atoms with van der Waals surface area (Å²) in [5.74, 6) is -1.04. The first-order valence-electron chi connectivity index (χ1n) is 33.9. The molecule has 4 N–H and O–H groups in total. The van der Waals surface area contributed by atoms with Crippen LogP contribution in [0.5, 0.6) is 5.75 Å². The maximum atomic E-state index is 16.2. The molecule has 12 nitrogen and oxygen atoms in total. The van der Waals surface area contributed by atoms with E-state index in [0.717, 1.165) is 56.1 Å². The molecule has 0 unspecified atom stereocenters. The normalized spacial score (nSPS) is 32.3. The van der Waals surface area contributed by atoms with Gasteiger partial charge >= 0.3 is 17.6 Å². The molecule has 3 fully saturated rings. The lowest BCUT2D eigenvalue weighted by Crippen LogP contribution is -2.65. The number of hydrogen-bond donors (Lipinski definition) is 4. The van der Waals surface area contributed by atoms with Crippen molar-refractivity contribution in [2.75, 3.05) is 26.6 Å². The second kappa shape index (κ2) is 23.1. The van der Waals surface area contributed by atoms with E-state index >= 15 is 9.59 Å². The lowest BCUT2D eigenvalue weighted by atomic mass is 9.48. The summed E-state index contributed by atoms with van der Waals surface area (Å²) in [6.07, 6.45) is 23.4. The Balaban J connectivity index is 0.901. The van der Waals surface area contributed by atoms with Crippen molar-refractivity contribution in [2.24, 2.45) is 35.0 Å². The molecule has 0 radical (unpaired) electrons. The third kappa shape index (κ3) is 9.10. The summed E-state index contributed by atoms with van der Waals surface area (Å²) < 4.78 is 34.4. The van der Waals surface area contributed by atoms with Crippen molar-refractivity contribution in [3.63, 3.8) is 0 Å². The first-order chi connectivity index (χ1) is 44.5. The largest absolute Gasteiger partial charge is 0.482 e. The zero-order valence-electron chi connectivity index (χ0n) is 52.0. The van der Waals surface area contributed by atoms with Crippen molar-refractivity contribution in [2.45, 2.75) is 163 Å². The van der Waals surface area contributed by atoms with Crippen LogP contribution < -0.4 is 10.4 Å². The van der Waals surface area contributed by atoms with Gasteiger partial charge in [-0.2, -0.15) is 0 Å². The summed E-state index contributed by atoms with van der Waals surface area (Å²) in [6.45, 7) is -0.263. The second-order valence-corrected chi connectivity index (χ2v) is 28.4. The van der Waals surface area contributed by atoms with E-state index in [4.69, 9.17) is 23.4 Å². The molecule has 6 bridgehead atoms. The lowest BCUT2D eigenvalue weighted by molar-refractivity contribution is -0.221. The van der Waals surface area contributed by atoms with Crippen LogP contribution in [-0.2, 0) is 55.1 Å². The quantitative estimate of drug-likeness (QED) is 0.0354. The first kappa shape index (κ1) is 58.9. The molecule has 12 heteroatoms. The summed E-state index contributed by atoms with van der Waals surface area (Å²) in [5.41, 5.74) is 11.8. The highest BCUT2D eigenvalue weighted by Crippen LogP contribution is 2.71. The number of carbonyl (C=O) groups excluding carboxylic acids is 2. The molecule has 0 saturated heterocycles. The van der Waals surface area contributed by atoms with E-state index in [1.54, 1.807) is 13.0 Å². The number of rotatable bonds is 9. The highest BCUT2D eigenvalue weighted by Gasteiger charge is 2.70. The zero-order valence-corrected chi connectivity index (χ0v) is 52.0. The van der Waals surface area contributed by atoms with Gasteiger partial charge in [0.25, 0.3) is 0 Å². The Morgan fingerprint density at radius 1 is 0.747 bits per heavy atom. The number of hydrogen-bond acceptors (Lipinski definition) is 12. The molecule has 4 heterocycles. The van der Waals surface area contributed by atoms with E-state index in [-0.39, 0.29) is 102 Å². The molecule has 5 aromatic carbocycles. The summed E-state index contributed by atoms with van der Waals surface area (Å²) in [6, 6.07) is 35.3. The van der Waals surface area contributed by atoms with Crippen LogP contribution in [0.3, 0.4) is 0 Å². The fourth-order valence-electron chi connectivity index (χ4n) is 20.9. The summed E-state index contributed by atoms with van der Waals surface area (Å²) in [4.78, 5) is 46.9. The van der Waals surface area contributed by atoms with Crippen molar-refractivity contribution < 1.29 is 53.4 Å². The molecule has 10 aliphatic rings. The molecule has 7 aliphatic carbocycles. The van der Waals surface area contributed by atoms with E-state index in [2.05, 4.69) is 121 Å². The Labute approximate surface area is 531 Å².